The van der Waals surface area contributed by atoms with Crippen LogP contribution in [0.2, 0.25) is 0 Å². The molecule has 2 aliphatic heterocycles. The molecule has 2 rings (SSSR count). The molecule has 2 heterocycles. The van der Waals surface area contributed by atoms with Crippen molar-refractivity contribution in [2.45, 2.75) is 59.1 Å². The average molecular weight is 453 g/mol. The summed E-state index contributed by atoms with van der Waals surface area (Å²) < 4.78 is 15.6. The zero-order chi connectivity index (χ0) is 21.4. The fourth-order valence-electron chi connectivity index (χ4n) is 3.14. The van der Waals surface area contributed by atoms with E-state index in [9.17, 15) is 45.6 Å². The van der Waals surface area contributed by atoms with Crippen molar-refractivity contribution >= 4 is 29.0 Å². The second kappa shape index (κ2) is 8.89. The number of hydrogen-bond donors (Lipinski definition) is 8. The van der Waals surface area contributed by atoms with E-state index in [-0.39, 0.29) is 0 Å². The number of ether oxygens (including phenoxy) is 3. The van der Waals surface area contributed by atoms with Crippen LogP contribution in [0.15, 0.2) is 0 Å². The second-order valence-corrected chi connectivity index (χ2v) is 7.54. The minimum atomic E-state index is -3.03. The SMILES string of the molecule is O=C(C(Cl)Cl)[C@@]1(OC2(CO)O[C@H](CO)[C@@H](O)[C@@H]2O)O[C@H](CO)[C@@H](O)[C@H](O)[C@H]1O. The van der Waals surface area contributed by atoms with Crippen LogP contribution in [0.25, 0.3) is 0 Å². The summed E-state index contributed by atoms with van der Waals surface area (Å²) in [5.41, 5.74) is 0. The molecule has 0 radical (unpaired) electrons. The number of aliphatic hydroxyl groups is 8. The first-order valence-corrected chi connectivity index (χ1v) is 8.99. The summed E-state index contributed by atoms with van der Waals surface area (Å²) in [6.45, 7) is -2.98. The Balaban J connectivity index is 2.53. The third kappa shape index (κ3) is 3.78. The molecule has 14 heteroatoms. The lowest BCUT2D eigenvalue weighted by molar-refractivity contribution is -0.416. The molecule has 0 aromatic carbocycles. The second-order valence-electron chi connectivity index (χ2n) is 6.44. The van der Waals surface area contributed by atoms with Gasteiger partial charge in [-0.1, -0.05) is 23.2 Å². The van der Waals surface area contributed by atoms with Crippen LogP contribution in [0, 0.1) is 0 Å². The summed E-state index contributed by atoms with van der Waals surface area (Å²) in [6, 6.07) is 0. The molecule has 0 aliphatic carbocycles. The highest BCUT2D eigenvalue weighted by Gasteiger charge is 2.66. The number of carbonyl (C=O) groups is 1. The molecular formula is C14H22Cl2O12. The van der Waals surface area contributed by atoms with E-state index in [4.69, 9.17) is 37.4 Å². The number of halogens is 2. The van der Waals surface area contributed by atoms with E-state index in [1.807, 2.05) is 0 Å². The molecule has 12 nitrogen and oxygen atoms in total. The number of rotatable bonds is 7. The molecule has 28 heavy (non-hydrogen) atoms. The van der Waals surface area contributed by atoms with Gasteiger partial charge in [0.05, 0.1) is 13.2 Å². The molecule has 9 atom stereocenters. The molecule has 2 fully saturated rings. The third-order valence-corrected chi connectivity index (χ3v) is 5.12. The van der Waals surface area contributed by atoms with Gasteiger partial charge in [0.2, 0.25) is 11.6 Å². The fraction of sp³-hybridized carbons (Fsp3) is 0.929. The minimum Gasteiger partial charge on any atom is -0.394 e. The van der Waals surface area contributed by atoms with Crippen LogP contribution in [0.1, 0.15) is 0 Å². The van der Waals surface area contributed by atoms with Crippen molar-refractivity contribution in [3.8, 4) is 0 Å². The van der Waals surface area contributed by atoms with Gasteiger partial charge in [-0.05, 0) is 0 Å². The molecule has 0 saturated carbocycles. The van der Waals surface area contributed by atoms with E-state index >= 15 is 0 Å². The topological polar surface area (TPSA) is 207 Å². The predicted molar refractivity (Wildman–Crippen MR) is 88.1 cm³/mol. The molecule has 0 aromatic heterocycles. The lowest BCUT2D eigenvalue weighted by Crippen LogP contribution is -2.73. The van der Waals surface area contributed by atoms with Crippen molar-refractivity contribution < 1.29 is 59.9 Å². The maximum absolute atomic E-state index is 12.7. The molecule has 164 valence electrons. The van der Waals surface area contributed by atoms with Crippen molar-refractivity contribution in [3.05, 3.63) is 0 Å². The van der Waals surface area contributed by atoms with Crippen LogP contribution in [0.5, 0.6) is 0 Å². The van der Waals surface area contributed by atoms with Crippen LogP contribution in [-0.2, 0) is 19.0 Å². The van der Waals surface area contributed by atoms with Crippen molar-refractivity contribution in [2.24, 2.45) is 0 Å². The molecule has 0 spiro atoms. The van der Waals surface area contributed by atoms with E-state index in [1.54, 1.807) is 0 Å². The van der Waals surface area contributed by atoms with E-state index in [1.165, 1.54) is 0 Å². The Morgan fingerprint density at radius 3 is 1.86 bits per heavy atom. The Bertz CT molecular complexity index is 564. The van der Waals surface area contributed by atoms with E-state index in [2.05, 4.69) is 0 Å². The van der Waals surface area contributed by atoms with Gasteiger partial charge in [0.1, 0.15) is 49.3 Å². The van der Waals surface area contributed by atoms with Crippen LogP contribution in [-0.4, -0.2) is 126 Å². The number of aliphatic hydroxyl groups excluding tert-OH is 8. The lowest BCUT2D eigenvalue weighted by atomic mass is 9.89. The van der Waals surface area contributed by atoms with E-state index in [0.29, 0.717) is 0 Å². The zero-order valence-electron chi connectivity index (χ0n) is 14.2. The maximum atomic E-state index is 12.7. The predicted octanol–water partition coefficient (Wildman–Crippen LogP) is -4.65. The highest BCUT2D eigenvalue weighted by Crippen LogP contribution is 2.42. The van der Waals surface area contributed by atoms with Crippen LogP contribution < -0.4 is 0 Å². The standard InChI is InChI=1S/C14H22Cl2O12/c15-12(16)11(25)14(10(24)8(22)6(20)4(1-17)27-14)28-13(3-19)9(23)7(21)5(2-18)26-13/h4-10,12,17-24H,1-3H2/t4-,5-,6-,7-,8+,9+,10-,13?,14-/m1/s1. The molecule has 2 saturated heterocycles. The number of carbonyl (C=O) groups excluding carboxylic acids is 1. The number of hydrogen-bond acceptors (Lipinski definition) is 12. The zero-order valence-corrected chi connectivity index (χ0v) is 15.7. The highest BCUT2D eigenvalue weighted by atomic mass is 35.5. The average Bonchev–Trinajstić information content (AvgIpc) is 2.92. The van der Waals surface area contributed by atoms with Crippen LogP contribution in [0.3, 0.4) is 0 Å². The Hall–Kier alpha value is -0.190. The van der Waals surface area contributed by atoms with Crippen molar-refractivity contribution in [2.75, 3.05) is 19.8 Å². The van der Waals surface area contributed by atoms with Gasteiger partial charge in [-0.15, -0.1) is 0 Å². The fourth-order valence-corrected chi connectivity index (χ4v) is 3.44. The van der Waals surface area contributed by atoms with E-state index < -0.39 is 84.7 Å². The molecule has 1 unspecified atom stereocenters. The largest absolute Gasteiger partial charge is 0.394 e. The normalized spacial score (nSPS) is 46.9. The Morgan fingerprint density at radius 2 is 1.43 bits per heavy atom. The molecule has 0 aromatic rings. The van der Waals surface area contributed by atoms with Gasteiger partial charge >= 0.3 is 0 Å². The summed E-state index contributed by atoms with van der Waals surface area (Å²) in [7, 11) is 0. The summed E-state index contributed by atoms with van der Waals surface area (Å²) in [5, 5.41) is 78.9. The molecular weight excluding hydrogens is 431 g/mol. The first kappa shape index (κ1) is 24.1. The molecule has 2 aliphatic rings. The van der Waals surface area contributed by atoms with Gasteiger partial charge in [-0.25, -0.2) is 0 Å². The van der Waals surface area contributed by atoms with Gasteiger partial charge in [-0.3, -0.25) is 4.79 Å². The number of ketones is 1. The third-order valence-electron chi connectivity index (χ3n) is 4.72. The van der Waals surface area contributed by atoms with Crippen LogP contribution in [0.4, 0.5) is 0 Å². The van der Waals surface area contributed by atoms with Crippen molar-refractivity contribution in [1.29, 1.82) is 0 Å². The summed E-state index contributed by atoms with van der Waals surface area (Å²) in [5.74, 6) is -7.08. The maximum Gasteiger partial charge on any atom is 0.264 e. The van der Waals surface area contributed by atoms with Gasteiger partial charge in [0.25, 0.3) is 5.79 Å². The van der Waals surface area contributed by atoms with Gasteiger partial charge in [0, 0.05) is 0 Å². The first-order chi connectivity index (χ1) is 13.0. The summed E-state index contributed by atoms with van der Waals surface area (Å²) >= 11 is 11.1. The lowest BCUT2D eigenvalue weighted by Gasteiger charge is -2.50. The molecule has 8 N–H and O–H groups in total. The van der Waals surface area contributed by atoms with E-state index in [0.717, 1.165) is 0 Å². The van der Waals surface area contributed by atoms with Gasteiger partial charge < -0.3 is 55.1 Å². The molecule has 0 bridgehead atoms. The summed E-state index contributed by atoms with van der Waals surface area (Å²) in [6.07, 6.45) is -13.3. The minimum absolute atomic E-state index is 0.818. The highest BCUT2D eigenvalue weighted by molar-refractivity contribution is 6.54. The molecule has 0 amide bonds. The van der Waals surface area contributed by atoms with Gasteiger partial charge in [-0.2, -0.15) is 0 Å². The summed E-state index contributed by atoms with van der Waals surface area (Å²) in [4.78, 5) is 10.7. The first-order valence-electron chi connectivity index (χ1n) is 8.12. The van der Waals surface area contributed by atoms with Crippen molar-refractivity contribution in [1.82, 2.24) is 0 Å². The number of Topliss-reactive ketones (excluding diaryl/α,β-unsaturated/α-hetero) is 1. The quantitative estimate of drug-likeness (QED) is 0.171. The smallest absolute Gasteiger partial charge is 0.264 e. The number of alkyl halides is 2. The van der Waals surface area contributed by atoms with Crippen LogP contribution >= 0.6 is 23.2 Å². The van der Waals surface area contributed by atoms with Crippen molar-refractivity contribution in [3.63, 3.8) is 0 Å². The van der Waals surface area contributed by atoms with Gasteiger partial charge in [0.15, 0.2) is 4.84 Å². The Labute approximate surface area is 168 Å². The monoisotopic (exact) mass is 452 g/mol. The Kier molecular flexibility index (Phi) is 7.65. The Morgan fingerprint density at radius 1 is 0.893 bits per heavy atom.